The third kappa shape index (κ3) is 2.67. The first-order chi connectivity index (χ1) is 7.77. The van der Waals surface area contributed by atoms with Crippen molar-refractivity contribution in [2.45, 2.75) is 19.8 Å². The highest BCUT2D eigenvalue weighted by atomic mass is 16.5. The van der Waals surface area contributed by atoms with Gasteiger partial charge in [-0.1, -0.05) is 12.1 Å². The zero-order valence-electron chi connectivity index (χ0n) is 9.83. The van der Waals surface area contributed by atoms with Crippen molar-refractivity contribution < 1.29 is 4.74 Å². The Kier molecular flexibility index (Phi) is 3.67. The lowest BCUT2D eigenvalue weighted by atomic mass is 10.1. The molecule has 0 amide bonds. The minimum absolute atomic E-state index is 0.721. The molecule has 3 nitrogen and oxygen atoms in total. The summed E-state index contributed by atoms with van der Waals surface area (Å²) in [5, 5.41) is 3.40. The van der Waals surface area contributed by atoms with Crippen LogP contribution in [0, 0.1) is 12.8 Å². The summed E-state index contributed by atoms with van der Waals surface area (Å²) in [7, 11) is 0. The minimum Gasteiger partial charge on any atom is -0.397 e. The Labute approximate surface area is 97.0 Å². The Morgan fingerprint density at radius 2 is 2.38 bits per heavy atom. The number of nitrogens with one attached hydrogen (secondary N) is 1. The van der Waals surface area contributed by atoms with E-state index in [0.29, 0.717) is 0 Å². The molecule has 1 fully saturated rings. The summed E-state index contributed by atoms with van der Waals surface area (Å²) in [5.41, 5.74) is 9.04. The number of ether oxygens (including phenoxy) is 1. The summed E-state index contributed by atoms with van der Waals surface area (Å²) in [4.78, 5) is 0. The molecular formula is C13H20N2O. The van der Waals surface area contributed by atoms with Crippen LogP contribution < -0.4 is 11.1 Å². The highest BCUT2D eigenvalue weighted by Gasteiger charge is 2.14. The molecule has 1 aliphatic heterocycles. The van der Waals surface area contributed by atoms with Crippen LogP contribution in [0.2, 0.25) is 0 Å². The van der Waals surface area contributed by atoms with Gasteiger partial charge in [-0.3, -0.25) is 0 Å². The number of benzene rings is 1. The van der Waals surface area contributed by atoms with E-state index in [1.54, 1.807) is 0 Å². The van der Waals surface area contributed by atoms with Crippen LogP contribution in [0.15, 0.2) is 18.2 Å². The quantitative estimate of drug-likeness (QED) is 0.766. The van der Waals surface area contributed by atoms with Crippen LogP contribution in [0.4, 0.5) is 11.4 Å². The Morgan fingerprint density at radius 1 is 1.50 bits per heavy atom. The zero-order valence-corrected chi connectivity index (χ0v) is 9.83. The summed E-state index contributed by atoms with van der Waals surface area (Å²) >= 11 is 0. The first-order valence-corrected chi connectivity index (χ1v) is 5.94. The summed E-state index contributed by atoms with van der Waals surface area (Å²) < 4.78 is 5.35. The second-order valence-electron chi connectivity index (χ2n) is 4.48. The van der Waals surface area contributed by atoms with Gasteiger partial charge < -0.3 is 15.8 Å². The average Bonchev–Trinajstić information content (AvgIpc) is 2.77. The Hall–Kier alpha value is -1.22. The number of anilines is 2. The molecule has 1 aromatic carbocycles. The van der Waals surface area contributed by atoms with Crippen LogP contribution in [-0.2, 0) is 4.74 Å². The Morgan fingerprint density at radius 3 is 3.12 bits per heavy atom. The highest BCUT2D eigenvalue weighted by Crippen LogP contribution is 2.22. The molecule has 16 heavy (non-hydrogen) atoms. The number of para-hydroxylation sites is 1. The molecule has 1 heterocycles. The standard InChI is InChI=1S/C13H20N2O/c1-10-3-2-4-12(13(10)14)15-7-5-11-6-8-16-9-11/h2-4,11,15H,5-9,14H2,1H3. The molecule has 88 valence electrons. The van der Waals surface area contributed by atoms with E-state index in [9.17, 15) is 0 Å². The van der Waals surface area contributed by atoms with Crippen molar-refractivity contribution in [3.05, 3.63) is 23.8 Å². The molecule has 0 spiro atoms. The molecule has 1 unspecified atom stereocenters. The van der Waals surface area contributed by atoms with E-state index < -0.39 is 0 Å². The molecular weight excluding hydrogens is 200 g/mol. The minimum atomic E-state index is 0.721. The van der Waals surface area contributed by atoms with Crippen LogP contribution in [0.5, 0.6) is 0 Å². The summed E-state index contributed by atoms with van der Waals surface area (Å²) in [5.74, 6) is 0.721. The maximum absolute atomic E-state index is 5.99. The fourth-order valence-electron chi connectivity index (χ4n) is 2.06. The van der Waals surface area contributed by atoms with Crippen LogP contribution in [0.3, 0.4) is 0 Å². The maximum atomic E-state index is 5.99. The number of hydrogen-bond acceptors (Lipinski definition) is 3. The molecule has 1 aromatic rings. The third-order valence-electron chi connectivity index (χ3n) is 3.22. The largest absolute Gasteiger partial charge is 0.397 e. The van der Waals surface area contributed by atoms with Crippen LogP contribution >= 0.6 is 0 Å². The van der Waals surface area contributed by atoms with Crippen LogP contribution in [0.1, 0.15) is 18.4 Å². The van der Waals surface area contributed by atoms with Crippen molar-refractivity contribution in [1.82, 2.24) is 0 Å². The number of nitrogens with two attached hydrogens (primary N) is 1. The Balaban J connectivity index is 1.82. The lowest BCUT2D eigenvalue weighted by molar-refractivity contribution is 0.185. The van der Waals surface area contributed by atoms with Crippen LogP contribution in [-0.4, -0.2) is 19.8 Å². The highest BCUT2D eigenvalue weighted by molar-refractivity contribution is 5.69. The van der Waals surface area contributed by atoms with Crippen molar-refractivity contribution in [2.75, 3.05) is 30.8 Å². The lowest BCUT2D eigenvalue weighted by Gasteiger charge is -2.12. The molecule has 0 aliphatic carbocycles. The number of nitrogen functional groups attached to an aromatic ring is 1. The molecule has 0 aromatic heterocycles. The predicted octanol–water partition coefficient (Wildman–Crippen LogP) is 2.42. The van der Waals surface area contributed by atoms with Gasteiger partial charge in [0, 0.05) is 19.8 Å². The number of rotatable bonds is 4. The van der Waals surface area contributed by atoms with Gasteiger partial charge in [-0.05, 0) is 37.3 Å². The molecule has 1 aliphatic rings. The SMILES string of the molecule is Cc1cccc(NCCC2CCOC2)c1N. The normalized spacial score (nSPS) is 19.9. The maximum Gasteiger partial charge on any atom is 0.0579 e. The van der Waals surface area contributed by atoms with Crippen molar-refractivity contribution in [2.24, 2.45) is 5.92 Å². The smallest absolute Gasteiger partial charge is 0.0579 e. The van der Waals surface area contributed by atoms with Gasteiger partial charge >= 0.3 is 0 Å². The van der Waals surface area contributed by atoms with Gasteiger partial charge in [0.05, 0.1) is 11.4 Å². The van der Waals surface area contributed by atoms with Gasteiger partial charge in [0.25, 0.3) is 0 Å². The Bertz CT molecular complexity index is 346. The predicted molar refractivity (Wildman–Crippen MR) is 67.6 cm³/mol. The average molecular weight is 220 g/mol. The monoisotopic (exact) mass is 220 g/mol. The topological polar surface area (TPSA) is 47.3 Å². The van der Waals surface area contributed by atoms with Gasteiger partial charge in [0.2, 0.25) is 0 Å². The van der Waals surface area contributed by atoms with E-state index in [2.05, 4.69) is 5.32 Å². The molecule has 0 bridgehead atoms. The molecule has 3 heteroatoms. The summed E-state index contributed by atoms with van der Waals surface area (Å²) in [6.45, 7) is 4.86. The van der Waals surface area contributed by atoms with Gasteiger partial charge in [0.1, 0.15) is 0 Å². The number of hydrogen-bond donors (Lipinski definition) is 2. The number of aryl methyl sites for hydroxylation is 1. The summed E-state index contributed by atoms with van der Waals surface area (Å²) in [6, 6.07) is 6.10. The van der Waals surface area contributed by atoms with Gasteiger partial charge in [-0.2, -0.15) is 0 Å². The van der Waals surface area contributed by atoms with Crippen molar-refractivity contribution in [1.29, 1.82) is 0 Å². The first kappa shape index (κ1) is 11.3. The molecule has 0 radical (unpaired) electrons. The summed E-state index contributed by atoms with van der Waals surface area (Å²) in [6.07, 6.45) is 2.36. The van der Waals surface area contributed by atoms with Crippen LogP contribution in [0.25, 0.3) is 0 Å². The van der Waals surface area contributed by atoms with Gasteiger partial charge in [-0.15, -0.1) is 0 Å². The van der Waals surface area contributed by atoms with E-state index in [1.165, 1.54) is 6.42 Å². The second kappa shape index (κ2) is 5.21. The van der Waals surface area contributed by atoms with E-state index in [-0.39, 0.29) is 0 Å². The van der Waals surface area contributed by atoms with E-state index in [0.717, 1.165) is 49.0 Å². The second-order valence-corrected chi connectivity index (χ2v) is 4.48. The van der Waals surface area contributed by atoms with Gasteiger partial charge in [-0.25, -0.2) is 0 Å². The molecule has 0 saturated carbocycles. The van der Waals surface area contributed by atoms with Crippen molar-refractivity contribution in [3.8, 4) is 0 Å². The van der Waals surface area contributed by atoms with E-state index in [4.69, 9.17) is 10.5 Å². The first-order valence-electron chi connectivity index (χ1n) is 5.94. The molecule has 3 N–H and O–H groups in total. The lowest BCUT2D eigenvalue weighted by Crippen LogP contribution is -2.10. The zero-order chi connectivity index (χ0) is 11.4. The van der Waals surface area contributed by atoms with Crippen molar-refractivity contribution >= 4 is 11.4 Å². The fourth-order valence-corrected chi connectivity index (χ4v) is 2.06. The third-order valence-corrected chi connectivity index (χ3v) is 3.22. The molecule has 1 atom stereocenters. The van der Waals surface area contributed by atoms with E-state index in [1.807, 2.05) is 25.1 Å². The molecule has 2 rings (SSSR count). The van der Waals surface area contributed by atoms with Gasteiger partial charge in [0.15, 0.2) is 0 Å². The fraction of sp³-hybridized carbons (Fsp3) is 0.538. The molecule has 1 saturated heterocycles. The van der Waals surface area contributed by atoms with Crippen molar-refractivity contribution in [3.63, 3.8) is 0 Å². The van der Waals surface area contributed by atoms with E-state index >= 15 is 0 Å².